The lowest BCUT2D eigenvalue weighted by atomic mass is 9.51. The van der Waals surface area contributed by atoms with Crippen LogP contribution in [0.5, 0.6) is 0 Å². The molecular weight excluding hydrogens is 276 g/mol. The van der Waals surface area contributed by atoms with Crippen molar-refractivity contribution in [2.24, 2.45) is 29.6 Å². The summed E-state index contributed by atoms with van der Waals surface area (Å²) in [6, 6.07) is 0. The van der Waals surface area contributed by atoms with Crippen LogP contribution in [0, 0.1) is 29.6 Å². The lowest BCUT2D eigenvalue weighted by Crippen LogP contribution is -2.51. The standard InChI is InChI=1S/C18H28N2O2/c21-16(20-5-1-2-6-20)3-4-19-18(22)17-14-8-12-7-13(10-14)11-15(17)9-12/h12-15,17H,1-11H2,(H,19,22). The Hall–Kier alpha value is -1.06. The van der Waals surface area contributed by atoms with Gasteiger partial charge in [-0.15, -0.1) is 0 Å². The number of rotatable bonds is 4. The maximum absolute atomic E-state index is 12.6. The van der Waals surface area contributed by atoms with E-state index in [0.717, 1.165) is 37.8 Å². The third-order valence-corrected chi connectivity index (χ3v) is 6.63. The Morgan fingerprint density at radius 2 is 1.50 bits per heavy atom. The molecule has 0 atom stereocenters. The van der Waals surface area contributed by atoms with Crippen molar-refractivity contribution in [2.75, 3.05) is 19.6 Å². The minimum absolute atomic E-state index is 0.211. The highest BCUT2D eigenvalue weighted by atomic mass is 16.2. The van der Waals surface area contributed by atoms with Crippen molar-refractivity contribution in [3.63, 3.8) is 0 Å². The fourth-order valence-electron chi connectivity index (χ4n) is 5.89. The molecule has 5 rings (SSSR count). The van der Waals surface area contributed by atoms with E-state index in [0.29, 0.717) is 24.8 Å². The number of hydrogen-bond acceptors (Lipinski definition) is 2. The van der Waals surface area contributed by atoms with Crippen LogP contribution in [-0.4, -0.2) is 36.3 Å². The Labute approximate surface area is 133 Å². The first-order valence-corrected chi connectivity index (χ1v) is 9.26. The van der Waals surface area contributed by atoms with Crippen LogP contribution < -0.4 is 5.32 Å². The molecule has 0 aromatic rings. The molecule has 1 heterocycles. The van der Waals surface area contributed by atoms with E-state index in [1.165, 1.54) is 32.1 Å². The van der Waals surface area contributed by atoms with Gasteiger partial charge in [0, 0.05) is 32.0 Å². The van der Waals surface area contributed by atoms with Gasteiger partial charge in [0.2, 0.25) is 11.8 Å². The van der Waals surface area contributed by atoms with Crippen LogP contribution in [0.2, 0.25) is 0 Å². The molecule has 4 nitrogen and oxygen atoms in total. The zero-order valence-electron chi connectivity index (χ0n) is 13.4. The quantitative estimate of drug-likeness (QED) is 0.865. The normalized spacial score (nSPS) is 39.3. The molecular formula is C18H28N2O2. The van der Waals surface area contributed by atoms with Gasteiger partial charge in [-0.05, 0) is 68.6 Å². The number of carbonyl (C=O) groups is 2. The van der Waals surface area contributed by atoms with E-state index in [1.807, 2.05) is 4.90 Å². The molecule has 122 valence electrons. The molecule has 0 unspecified atom stereocenters. The molecule has 2 amide bonds. The maximum atomic E-state index is 12.6. The molecule has 1 saturated heterocycles. The number of likely N-dealkylation sites (tertiary alicyclic amines) is 1. The molecule has 0 radical (unpaired) electrons. The first kappa shape index (κ1) is 14.5. The SMILES string of the molecule is O=C(NCCC(=O)N1CCCC1)C1C2CC3CC(C2)CC1C3. The Kier molecular flexibility index (Phi) is 3.87. The van der Waals surface area contributed by atoms with Crippen molar-refractivity contribution in [3.8, 4) is 0 Å². The summed E-state index contributed by atoms with van der Waals surface area (Å²) in [5.41, 5.74) is 0. The van der Waals surface area contributed by atoms with Crippen LogP contribution in [0.1, 0.15) is 51.4 Å². The van der Waals surface area contributed by atoms with Crippen molar-refractivity contribution >= 4 is 11.8 Å². The van der Waals surface area contributed by atoms with Crippen molar-refractivity contribution in [1.82, 2.24) is 10.2 Å². The lowest BCUT2D eigenvalue weighted by molar-refractivity contribution is -0.138. The van der Waals surface area contributed by atoms with E-state index < -0.39 is 0 Å². The summed E-state index contributed by atoms with van der Waals surface area (Å²) in [6.07, 6.45) is 9.26. The van der Waals surface area contributed by atoms with Gasteiger partial charge in [0.15, 0.2) is 0 Å². The molecule has 4 bridgehead atoms. The predicted molar refractivity (Wildman–Crippen MR) is 84.0 cm³/mol. The van der Waals surface area contributed by atoms with Gasteiger partial charge in [0.1, 0.15) is 0 Å². The van der Waals surface area contributed by atoms with Gasteiger partial charge in [0.25, 0.3) is 0 Å². The van der Waals surface area contributed by atoms with Crippen LogP contribution in [0.15, 0.2) is 0 Å². The average Bonchev–Trinajstić information content (AvgIpc) is 3.00. The second-order valence-electron chi connectivity index (χ2n) is 8.09. The first-order valence-electron chi connectivity index (χ1n) is 9.26. The van der Waals surface area contributed by atoms with Gasteiger partial charge in [-0.25, -0.2) is 0 Å². The largest absolute Gasteiger partial charge is 0.355 e. The predicted octanol–water partition coefficient (Wildman–Crippen LogP) is 2.19. The molecule has 1 N–H and O–H groups in total. The summed E-state index contributed by atoms with van der Waals surface area (Å²) >= 11 is 0. The number of carbonyl (C=O) groups excluding carboxylic acids is 2. The zero-order chi connectivity index (χ0) is 15.1. The third-order valence-electron chi connectivity index (χ3n) is 6.63. The van der Waals surface area contributed by atoms with Gasteiger partial charge in [-0.2, -0.15) is 0 Å². The molecule has 4 aliphatic carbocycles. The summed E-state index contributed by atoms with van der Waals surface area (Å²) in [5.74, 6) is 3.77. The molecule has 0 aromatic heterocycles. The highest BCUT2D eigenvalue weighted by Crippen LogP contribution is 2.56. The summed E-state index contributed by atoms with van der Waals surface area (Å²) in [5, 5.41) is 3.08. The Bertz CT molecular complexity index is 428. The smallest absolute Gasteiger partial charge is 0.224 e. The van der Waals surface area contributed by atoms with E-state index in [9.17, 15) is 9.59 Å². The molecule has 4 heteroatoms. The van der Waals surface area contributed by atoms with Crippen LogP contribution in [0.25, 0.3) is 0 Å². The maximum Gasteiger partial charge on any atom is 0.224 e. The molecule has 5 aliphatic rings. The Morgan fingerprint density at radius 1 is 0.909 bits per heavy atom. The highest BCUT2D eigenvalue weighted by molar-refractivity contribution is 5.81. The average molecular weight is 304 g/mol. The monoisotopic (exact) mass is 304 g/mol. The third kappa shape index (κ3) is 2.65. The van der Waals surface area contributed by atoms with E-state index in [2.05, 4.69) is 5.32 Å². The Balaban J connectivity index is 1.27. The number of amides is 2. The van der Waals surface area contributed by atoms with Crippen LogP contribution in [0.3, 0.4) is 0 Å². The van der Waals surface area contributed by atoms with Crippen molar-refractivity contribution in [3.05, 3.63) is 0 Å². The summed E-state index contributed by atoms with van der Waals surface area (Å²) in [7, 11) is 0. The molecule has 1 aliphatic heterocycles. The number of hydrogen-bond donors (Lipinski definition) is 1. The summed E-state index contributed by atoms with van der Waals surface area (Å²) in [4.78, 5) is 26.6. The van der Waals surface area contributed by atoms with Gasteiger partial charge in [-0.3, -0.25) is 9.59 Å². The fraction of sp³-hybridized carbons (Fsp3) is 0.889. The molecule has 4 saturated carbocycles. The Morgan fingerprint density at radius 3 is 2.09 bits per heavy atom. The summed E-state index contributed by atoms with van der Waals surface area (Å²) < 4.78 is 0. The molecule has 0 spiro atoms. The van der Waals surface area contributed by atoms with E-state index in [4.69, 9.17) is 0 Å². The minimum atomic E-state index is 0.211. The summed E-state index contributed by atoms with van der Waals surface area (Å²) in [6.45, 7) is 2.33. The van der Waals surface area contributed by atoms with Crippen molar-refractivity contribution in [1.29, 1.82) is 0 Å². The van der Waals surface area contributed by atoms with E-state index in [1.54, 1.807) is 0 Å². The number of nitrogens with zero attached hydrogens (tertiary/aromatic N) is 1. The van der Waals surface area contributed by atoms with Crippen molar-refractivity contribution in [2.45, 2.75) is 51.4 Å². The molecule has 0 aromatic carbocycles. The van der Waals surface area contributed by atoms with Gasteiger partial charge in [0.05, 0.1) is 0 Å². The molecule has 5 fully saturated rings. The van der Waals surface area contributed by atoms with Crippen LogP contribution >= 0.6 is 0 Å². The van der Waals surface area contributed by atoms with Crippen LogP contribution in [-0.2, 0) is 9.59 Å². The van der Waals surface area contributed by atoms with Crippen LogP contribution in [0.4, 0.5) is 0 Å². The second kappa shape index (κ2) is 5.86. The topological polar surface area (TPSA) is 49.4 Å². The molecule has 22 heavy (non-hydrogen) atoms. The fourth-order valence-corrected chi connectivity index (χ4v) is 5.89. The van der Waals surface area contributed by atoms with E-state index >= 15 is 0 Å². The second-order valence-corrected chi connectivity index (χ2v) is 8.09. The van der Waals surface area contributed by atoms with Gasteiger partial charge in [-0.1, -0.05) is 0 Å². The minimum Gasteiger partial charge on any atom is -0.355 e. The zero-order valence-corrected chi connectivity index (χ0v) is 13.4. The van der Waals surface area contributed by atoms with Gasteiger partial charge < -0.3 is 10.2 Å². The van der Waals surface area contributed by atoms with Gasteiger partial charge >= 0.3 is 0 Å². The lowest BCUT2D eigenvalue weighted by Gasteiger charge is -2.53. The highest BCUT2D eigenvalue weighted by Gasteiger charge is 2.50. The number of nitrogens with one attached hydrogen (secondary N) is 1. The first-order chi connectivity index (χ1) is 10.7. The van der Waals surface area contributed by atoms with Crippen molar-refractivity contribution < 1.29 is 9.59 Å². The van der Waals surface area contributed by atoms with E-state index in [-0.39, 0.29) is 17.7 Å².